The number of benzene rings is 1. The SMILES string of the molecule is N#Cc1c(CN2CCN(CC(=O)NCc3ccccc3)CC2)cn2ccccc12. The van der Waals surface area contributed by atoms with E-state index in [1.54, 1.807) is 0 Å². The van der Waals surface area contributed by atoms with Crippen molar-refractivity contribution in [1.29, 1.82) is 5.26 Å². The number of rotatable bonds is 6. The minimum atomic E-state index is 0.0627. The zero-order chi connectivity index (χ0) is 20.1. The molecule has 0 spiro atoms. The number of nitrogens with zero attached hydrogens (tertiary/aromatic N) is 4. The summed E-state index contributed by atoms with van der Waals surface area (Å²) < 4.78 is 2.02. The third-order valence-corrected chi connectivity index (χ3v) is 5.43. The molecular weight excluding hydrogens is 362 g/mol. The number of fused-ring (bicyclic) bond motifs is 1. The van der Waals surface area contributed by atoms with Crippen LogP contribution in [0.15, 0.2) is 60.9 Å². The summed E-state index contributed by atoms with van der Waals surface area (Å²) in [4.78, 5) is 16.8. The molecule has 1 saturated heterocycles. The molecule has 148 valence electrons. The highest BCUT2D eigenvalue weighted by atomic mass is 16.2. The van der Waals surface area contributed by atoms with E-state index in [4.69, 9.17) is 0 Å². The Kier molecular flexibility index (Phi) is 5.89. The van der Waals surface area contributed by atoms with Gasteiger partial charge in [0.15, 0.2) is 0 Å². The van der Waals surface area contributed by atoms with Crippen molar-refractivity contribution in [3.63, 3.8) is 0 Å². The molecule has 1 N–H and O–H groups in total. The first-order valence-corrected chi connectivity index (χ1v) is 9.97. The second-order valence-electron chi connectivity index (χ2n) is 7.45. The van der Waals surface area contributed by atoms with Gasteiger partial charge in [0.2, 0.25) is 5.91 Å². The molecule has 0 saturated carbocycles. The van der Waals surface area contributed by atoms with Crippen LogP contribution in [0.25, 0.3) is 5.52 Å². The number of nitriles is 1. The Morgan fingerprint density at radius 3 is 2.48 bits per heavy atom. The van der Waals surface area contributed by atoms with Gasteiger partial charge in [-0.25, -0.2) is 0 Å². The van der Waals surface area contributed by atoms with E-state index in [0.29, 0.717) is 13.1 Å². The third-order valence-electron chi connectivity index (χ3n) is 5.43. The zero-order valence-corrected chi connectivity index (χ0v) is 16.4. The van der Waals surface area contributed by atoms with Crippen molar-refractivity contribution < 1.29 is 4.79 Å². The molecule has 1 aromatic carbocycles. The largest absolute Gasteiger partial charge is 0.351 e. The fraction of sp³-hybridized carbons (Fsp3) is 0.304. The standard InChI is InChI=1S/C23H25N5O/c24-14-21-20(17-28-9-5-4-8-22(21)28)16-26-10-12-27(13-11-26)18-23(29)25-15-19-6-2-1-3-7-19/h1-9,17H,10-13,15-16,18H2,(H,25,29). The van der Waals surface area contributed by atoms with Crippen LogP contribution >= 0.6 is 0 Å². The first kappa shape index (κ1) is 19.2. The van der Waals surface area contributed by atoms with E-state index in [-0.39, 0.29) is 5.91 Å². The van der Waals surface area contributed by atoms with Gasteiger partial charge in [0.25, 0.3) is 0 Å². The summed E-state index contributed by atoms with van der Waals surface area (Å²) in [5.74, 6) is 0.0627. The molecule has 3 heterocycles. The van der Waals surface area contributed by atoms with Gasteiger partial charge in [0, 0.05) is 57.2 Å². The van der Waals surface area contributed by atoms with Gasteiger partial charge in [-0.05, 0) is 17.7 Å². The first-order chi connectivity index (χ1) is 14.2. The molecule has 1 aliphatic rings. The number of amides is 1. The summed E-state index contributed by atoms with van der Waals surface area (Å²) in [6, 6.07) is 18.2. The molecule has 1 aliphatic heterocycles. The maximum Gasteiger partial charge on any atom is 0.234 e. The second-order valence-corrected chi connectivity index (χ2v) is 7.45. The van der Waals surface area contributed by atoms with E-state index in [1.165, 1.54) is 0 Å². The highest BCUT2D eigenvalue weighted by Crippen LogP contribution is 2.20. The second kappa shape index (κ2) is 8.91. The van der Waals surface area contributed by atoms with Crippen LogP contribution in [0.4, 0.5) is 0 Å². The zero-order valence-electron chi connectivity index (χ0n) is 16.4. The molecule has 1 amide bonds. The Morgan fingerprint density at radius 1 is 1.00 bits per heavy atom. The number of hydrogen-bond donors (Lipinski definition) is 1. The smallest absolute Gasteiger partial charge is 0.234 e. The lowest BCUT2D eigenvalue weighted by molar-refractivity contribution is -0.122. The van der Waals surface area contributed by atoms with Crippen molar-refractivity contribution in [1.82, 2.24) is 19.5 Å². The summed E-state index contributed by atoms with van der Waals surface area (Å²) in [6.07, 6.45) is 4.03. The number of piperazine rings is 1. The van der Waals surface area contributed by atoms with Crippen molar-refractivity contribution in [3.05, 3.63) is 77.6 Å². The molecular formula is C23H25N5O. The molecule has 0 bridgehead atoms. The number of carbonyl (C=O) groups is 1. The van der Waals surface area contributed by atoms with Gasteiger partial charge in [-0.1, -0.05) is 36.4 Å². The molecule has 0 unspecified atom stereocenters. The Morgan fingerprint density at radius 2 is 1.72 bits per heavy atom. The molecule has 6 heteroatoms. The van der Waals surface area contributed by atoms with E-state index >= 15 is 0 Å². The third kappa shape index (κ3) is 4.65. The molecule has 2 aromatic heterocycles. The normalized spacial score (nSPS) is 15.3. The highest BCUT2D eigenvalue weighted by molar-refractivity contribution is 5.78. The van der Waals surface area contributed by atoms with Gasteiger partial charge < -0.3 is 9.72 Å². The summed E-state index contributed by atoms with van der Waals surface area (Å²) in [5.41, 5.74) is 3.89. The predicted octanol–water partition coefficient (Wildman–Crippen LogP) is 2.24. The van der Waals surface area contributed by atoms with Crippen molar-refractivity contribution in [2.24, 2.45) is 0 Å². The van der Waals surface area contributed by atoms with Crippen LogP contribution in [0.1, 0.15) is 16.7 Å². The topological polar surface area (TPSA) is 63.8 Å². The Labute approximate surface area is 171 Å². The lowest BCUT2D eigenvalue weighted by Gasteiger charge is -2.34. The van der Waals surface area contributed by atoms with E-state index in [2.05, 4.69) is 27.4 Å². The molecule has 1 fully saturated rings. The summed E-state index contributed by atoms with van der Waals surface area (Å²) in [7, 11) is 0. The maximum atomic E-state index is 12.2. The average Bonchev–Trinajstić information content (AvgIpc) is 3.11. The van der Waals surface area contributed by atoms with Crippen molar-refractivity contribution in [2.45, 2.75) is 13.1 Å². The minimum Gasteiger partial charge on any atom is -0.351 e. The van der Waals surface area contributed by atoms with E-state index in [1.807, 2.05) is 59.1 Å². The highest BCUT2D eigenvalue weighted by Gasteiger charge is 2.21. The van der Waals surface area contributed by atoms with Crippen molar-refractivity contribution >= 4 is 11.4 Å². The van der Waals surface area contributed by atoms with Crippen LogP contribution < -0.4 is 5.32 Å². The number of hydrogen-bond acceptors (Lipinski definition) is 4. The van der Waals surface area contributed by atoms with Crippen LogP contribution in [-0.2, 0) is 17.9 Å². The van der Waals surface area contributed by atoms with Gasteiger partial charge in [-0.3, -0.25) is 14.6 Å². The van der Waals surface area contributed by atoms with Crippen LogP contribution in [0.3, 0.4) is 0 Å². The first-order valence-electron chi connectivity index (χ1n) is 9.97. The van der Waals surface area contributed by atoms with Crippen LogP contribution in [0.2, 0.25) is 0 Å². The fourth-order valence-electron chi connectivity index (χ4n) is 3.83. The Hall–Kier alpha value is -3.14. The lowest BCUT2D eigenvalue weighted by atomic mass is 10.1. The number of carbonyl (C=O) groups excluding carboxylic acids is 1. The average molecular weight is 387 g/mol. The monoisotopic (exact) mass is 387 g/mol. The molecule has 6 nitrogen and oxygen atoms in total. The molecule has 29 heavy (non-hydrogen) atoms. The van der Waals surface area contributed by atoms with Crippen molar-refractivity contribution in [2.75, 3.05) is 32.7 Å². The van der Waals surface area contributed by atoms with Crippen molar-refractivity contribution in [3.8, 4) is 6.07 Å². The van der Waals surface area contributed by atoms with Gasteiger partial charge >= 0.3 is 0 Å². The van der Waals surface area contributed by atoms with E-state index in [0.717, 1.165) is 54.9 Å². The predicted molar refractivity (Wildman–Crippen MR) is 112 cm³/mol. The molecule has 0 atom stereocenters. The lowest BCUT2D eigenvalue weighted by Crippen LogP contribution is -2.49. The van der Waals surface area contributed by atoms with E-state index in [9.17, 15) is 10.1 Å². The molecule has 3 aromatic rings. The summed E-state index contributed by atoms with van der Waals surface area (Å²) in [5, 5.41) is 12.6. The summed E-state index contributed by atoms with van der Waals surface area (Å²) in [6.45, 7) is 5.26. The van der Waals surface area contributed by atoms with Gasteiger partial charge in [0.05, 0.1) is 17.6 Å². The Balaban J connectivity index is 1.27. The molecule has 0 aliphatic carbocycles. The maximum absolute atomic E-state index is 12.2. The molecule has 4 rings (SSSR count). The quantitative estimate of drug-likeness (QED) is 0.705. The van der Waals surface area contributed by atoms with Gasteiger partial charge in [0.1, 0.15) is 6.07 Å². The minimum absolute atomic E-state index is 0.0627. The number of pyridine rings is 1. The number of nitrogens with one attached hydrogen (secondary N) is 1. The molecule has 0 radical (unpaired) electrons. The van der Waals surface area contributed by atoms with Crippen LogP contribution in [0.5, 0.6) is 0 Å². The van der Waals surface area contributed by atoms with Gasteiger partial charge in [-0.2, -0.15) is 5.26 Å². The van der Waals surface area contributed by atoms with Gasteiger partial charge in [-0.15, -0.1) is 0 Å². The van der Waals surface area contributed by atoms with E-state index < -0.39 is 0 Å². The fourth-order valence-corrected chi connectivity index (χ4v) is 3.83. The Bertz CT molecular complexity index is 1010. The number of aromatic nitrogens is 1. The van der Waals surface area contributed by atoms with Crippen LogP contribution in [-0.4, -0.2) is 52.8 Å². The van der Waals surface area contributed by atoms with Crippen LogP contribution in [0, 0.1) is 11.3 Å². The summed E-state index contributed by atoms with van der Waals surface area (Å²) >= 11 is 0.